The third-order valence-electron chi connectivity index (χ3n) is 3.20. The van der Waals surface area contributed by atoms with Gasteiger partial charge >= 0.3 is 0 Å². The summed E-state index contributed by atoms with van der Waals surface area (Å²) >= 11 is 0. The van der Waals surface area contributed by atoms with Crippen LogP contribution in [0.3, 0.4) is 0 Å². The fraction of sp³-hybridized carbons (Fsp3) is 0.562. The first-order valence-electron chi connectivity index (χ1n) is 7.45. The van der Waals surface area contributed by atoms with Gasteiger partial charge in [0.25, 0.3) is 0 Å². The van der Waals surface area contributed by atoms with Crippen LogP contribution in [0.4, 0.5) is 0 Å². The van der Waals surface area contributed by atoms with Crippen molar-refractivity contribution in [1.82, 2.24) is 10.2 Å². The van der Waals surface area contributed by atoms with Crippen LogP contribution in [0.5, 0.6) is 5.75 Å². The lowest BCUT2D eigenvalue weighted by atomic mass is 10.2. The van der Waals surface area contributed by atoms with Crippen molar-refractivity contribution in [3.05, 3.63) is 29.8 Å². The molecule has 0 aromatic heterocycles. The second-order valence-corrected chi connectivity index (χ2v) is 5.30. The van der Waals surface area contributed by atoms with Crippen molar-refractivity contribution in [3.8, 4) is 5.75 Å². The molecule has 24 heavy (non-hydrogen) atoms. The van der Waals surface area contributed by atoms with Gasteiger partial charge < -0.3 is 25.4 Å². The van der Waals surface area contributed by atoms with Crippen molar-refractivity contribution in [3.63, 3.8) is 0 Å². The van der Waals surface area contributed by atoms with E-state index in [1.165, 1.54) is 0 Å². The monoisotopic (exact) mass is 381 g/mol. The third kappa shape index (κ3) is 10.7. The van der Waals surface area contributed by atoms with Gasteiger partial charge in [-0.15, -0.1) is 24.8 Å². The lowest BCUT2D eigenvalue weighted by Crippen LogP contribution is -2.37. The maximum absolute atomic E-state index is 11.5. The molecule has 8 heteroatoms. The quantitative estimate of drug-likeness (QED) is 0.641. The van der Waals surface area contributed by atoms with Crippen LogP contribution in [0.25, 0.3) is 0 Å². The van der Waals surface area contributed by atoms with Gasteiger partial charge in [0, 0.05) is 26.7 Å². The molecule has 1 aromatic carbocycles. The van der Waals surface area contributed by atoms with Crippen molar-refractivity contribution in [2.45, 2.75) is 19.5 Å². The van der Waals surface area contributed by atoms with E-state index in [1.807, 2.05) is 31.3 Å². The van der Waals surface area contributed by atoms with E-state index in [2.05, 4.69) is 10.2 Å². The molecule has 3 N–H and O–H groups in total. The van der Waals surface area contributed by atoms with Crippen LogP contribution in [0.2, 0.25) is 0 Å². The highest BCUT2D eigenvalue weighted by Gasteiger charge is 2.06. The van der Waals surface area contributed by atoms with Gasteiger partial charge in [-0.2, -0.15) is 0 Å². The van der Waals surface area contributed by atoms with Crippen LogP contribution in [0, 0.1) is 0 Å². The molecule has 1 rings (SSSR count). The van der Waals surface area contributed by atoms with Crippen molar-refractivity contribution in [2.24, 2.45) is 5.73 Å². The molecule has 1 aromatic rings. The Balaban J connectivity index is 0. The number of hydrogen-bond donors (Lipinski definition) is 2. The number of carbonyl (C=O) groups excluding carboxylic acids is 1. The zero-order valence-electron chi connectivity index (χ0n) is 14.5. The highest BCUT2D eigenvalue weighted by Crippen LogP contribution is 2.13. The summed E-state index contributed by atoms with van der Waals surface area (Å²) < 4.78 is 10.8. The van der Waals surface area contributed by atoms with Gasteiger partial charge in [-0.1, -0.05) is 12.1 Å². The Bertz CT molecular complexity index is 462. The Labute approximate surface area is 156 Å². The number of rotatable bonds is 10. The van der Waals surface area contributed by atoms with Gasteiger partial charge in [0.1, 0.15) is 12.4 Å². The molecule has 0 unspecified atom stereocenters. The number of hydrogen-bond acceptors (Lipinski definition) is 5. The van der Waals surface area contributed by atoms with E-state index in [-0.39, 0.29) is 30.7 Å². The Kier molecular flexibility index (Phi) is 15.0. The molecule has 0 spiro atoms. The summed E-state index contributed by atoms with van der Waals surface area (Å²) in [7, 11) is 3.72. The molecule has 140 valence electrons. The first-order valence-corrected chi connectivity index (χ1v) is 7.45. The largest absolute Gasteiger partial charge is 0.492 e. The van der Waals surface area contributed by atoms with Crippen molar-refractivity contribution < 1.29 is 14.3 Å². The summed E-state index contributed by atoms with van der Waals surface area (Å²) in [6.07, 6.45) is 0. The molecule has 0 radical (unpaired) electrons. The molecule has 1 amide bonds. The predicted molar refractivity (Wildman–Crippen MR) is 101 cm³/mol. The van der Waals surface area contributed by atoms with E-state index >= 15 is 0 Å². The number of nitrogens with two attached hydrogens (primary N) is 1. The number of benzene rings is 1. The minimum absolute atomic E-state index is 0. The van der Waals surface area contributed by atoms with Crippen LogP contribution in [0.15, 0.2) is 24.3 Å². The van der Waals surface area contributed by atoms with E-state index < -0.39 is 6.04 Å². The summed E-state index contributed by atoms with van der Waals surface area (Å²) in [5, 5.41) is 2.78. The fourth-order valence-electron chi connectivity index (χ4n) is 1.77. The molecule has 0 saturated carbocycles. The number of methoxy groups -OCH3 is 1. The molecule has 1 atom stereocenters. The van der Waals surface area contributed by atoms with E-state index in [1.54, 1.807) is 14.0 Å². The maximum atomic E-state index is 11.5. The van der Waals surface area contributed by atoms with Crippen molar-refractivity contribution in [1.29, 1.82) is 0 Å². The van der Waals surface area contributed by atoms with Gasteiger partial charge in [-0.05, 0) is 31.7 Å². The Morgan fingerprint density at radius 1 is 1.29 bits per heavy atom. The lowest BCUT2D eigenvalue weighted by molar-refractivity contribution is -0.122. The van der Waals surface area contributed by atoms with Crippen LogP contribution in [-0.4, -0.2) is 57.3 Å². The Hall–Kier alpha value is -1.05. The molecule has 0 fully saturated rings. The molecule has 0 bridgehead atoms. The molecule has 0 aliphatic carbocycles. The van der Waals surface area contributed by atoms with Crippen molar-refractivity contribution in [2.75, 3.05) is 40.5 Å². The van der Waals surface area contributed by atoms with E-state index in [0.717, 1.165) is 24.4 Å². The van der Waals surface area contributed by atoms with Crippen LogP contribution < -0.4 is 15.8 Å². The molecule has 0 aliphatic rings. The minimum atomic E-state index is -0.498. The second-order valence-electron chi connectivity index (χ2n) is 5.30. The number of amides is 1. The van der Waals surface area contributed by atoms with Crippen LogP contribution in [-0.2, 0) is 16.1 Å². The summed E-state index contributed by atoms with van der Waals surface area (Å²) in [6, 6.07) is 7.20. The molecule has 0 saturated heterocycles. The van der Waals surface area contributed by atoms with Gasteiger partial charge in [-0.3, -0.25) is 4.79 Å². The van der Waals surface area contributed by atoms with Crippen LogP contribution in [0.1, 0.15) is 12.5 Å². The average molecular weight is 382 g/mol. The van der Waals surface area contributed by atoms with Gasteiger partial charge in [-0.25, -0.2) is 0 Å². The zero-order chi connectivity index (χ0) is 16.4. The SMILES string of the molecule is COCCN(C)CCOc1cccc(CNC(=O)[C@@H](C)N)c1.Cl.Cl. The van der Waals surface area contributed by atoms with Crippen molar-refractivity contribution >= 4 is 30.7 Å². The second kappa shape index (κ2) is 14.3. The predicted octanol–water partition coefficient (Wildman–Crippen LogP) is 1.45. The number of halogens is 2. The summed E-state index contributed by atoms with van der Waals surface area (Å²) in [5.74, 6) is 0.638. The zero-order valence-corrected chi connectivity index (χ0v) is 16.1. The molecular weight excluding hydrogens is 353 g/mol. The highest BCUT2D eigenvalue weighted by molar-refractivity contribution is 5.85. The summed E-state index contributed by atoms with van der Waals surface area (Å²) in [5.41, 5.74) is 6.49. The van der Waals surface area contributed by atoms with E-state index in [4.69, 9.17) is 15.2 Å². The number of nitrogens with one attached hydrogen (secondary N) is 1. The summed E-state index contributed by atoms with van der Waals surface area (Å²) in [6.45, 7) is 5.14. The Morgan fingerprint density at radius 3 is 2.58 bits per heavy atom. The first-order chi connectivity index (χ1) is 10.5. The standard InChI is InChI=1S/C16H27N3O3.2ClH/c1-13(17)16(20)18-12-14-5-4-6-15(11-14)22-10-8-19(2)7-9-21-3;;/h4-6,11,13H,7-10,12,17H2,1-3H3,(H,18,20);2*1H/t13-;;/m1../s1. The maximum Gasteiger partial charge on any atom is 0.236 e. The van der Waals surface area contributed by atoms with Gasteiger partial charge in [0.15, 0.2) is 0 Å². The topological polar surface area (TPSA) is 76.8 Å². The molecule has 0 aliphatic heterocycles. The van der Waals surface area contributed by atoms with Gasteiger partial charge in [0.2, 0.25) is 5.91 Å². The lowest BCUT2D eigenvalue weighted by Gasteiger charge is -2.16. The molecule has 0 heterocycles. The van der Waals surface area contributed by atoms with Gasteiger partial charge in [0.05, 0.1) is 12.6 Å². The normalized spacial score (nSPS) is 11.2. The number of ether oxygens (including phenoxy) is 2. The smallest absolute Gasteiger partial charge is 0.236 e. The van der Waals surface area contributed by atoms with Crippen LogP contribution >= 0.6 is 24.8 Å². The fourth-order valence-corrected chi connectivity index (χ4v) is 1.77. The summed E-state index contributed by atoms with van der Waals surface area (Å²) in [4.78, 5) is 13.6. The average Bonchev–Trinajstić information content (AvgIpc) is 2.51. The number of nitrogens with zero attached hydrogens (tertiary/aromatic N) is 1. The van der Waals surface area contributed by atoms with E-state index in [9.17, 15) is 4.79 Å². The number of likely N-dealkylation sites (N-methyl/N-ethyl adjacent to an activating group) is 1. The Morgan fingerprint density at radius 2 is 1.96 bits per heavy atom. The highest BCUT2D eigenvalue weighted by atomic mass is 35.5. The number of carbonyl (C=O) groups is 1. The van der Waals surface area contributed by atoms with E-state index in [0.29, 0.717) is 19.8 Å². The molecule has 6 nitrogen and oxygen atoms in total. The first kappa shape index (κ1) is 25.2. The minimum Gasteiger partial charge on any atom is -0.492 e. The third-order valence-corrected chi connectivity index (χ3v) is 3.20. The molecular formula is C16H29Cl2N3O3.